The van der Waals surface area contributed by atoms with Crippen molar-refractivity contribution < 1.29 is 9.63 Å². The normalized spacial score (nSPS) is 11.3. The van der Waals surface area contributed by atoms with Crippen molar-refractivity contribution in [3.63, 3.8) is 0 Å². The predicted molar refractivity (Wildman–Crippen MR) is 91.6 cm³/mol. The molecule has 0 aliphatic carbocycles. The molecule has 3 aromatic rings. The van der Waals surface area contributed by atoms with Gasteiger partial charge in [-0.3, -0.25) is 0 Å². The molecule has 0 unspecified atom stereocenters. The minimum atomic E-state index is -0.483. The summed E-state index contributed by atoms with van der Waals surface area (Å²) in [5.41, 5.74) is 2.78. The van der Waals surface area contributed by atoms with Gasteiger partial charge in [0.2, 0.25) is 0 Å². The summed E-state index contributed by atoms with van der Waals surface area (Å²) in [4.78, 5) is 21.4. The highest BCUT2D eigenvalue weighted by molar-refractivity contribution is 7.13. The van der Waals surface area contributed by atoms with Gasteiger partial charge in [-0.15, -0.1) is 11.3 Å². The van der Waals surface area contributed by atoms with Crippen molar-refractivity contribution in [3.05, 3.63) is 77.3 Å². The average Bonchev–Trinajstić information content (AvgIpc) is 3.11. The molecule has 2 aromatic carbocycles. The van der Waals surface area contributed by atoms with Crippen molar-refractivity contribution in [2.24, 2.45) is 5.16 Å². The summed E-state index contributed by atoms with van der Waals surface area (Å²) in [6.45, 7) is 1.77. The topological polar surface area (TPSA) is 51.5 Å². The second-order valence-electron chi connectivity index (χ2n) is 4.83. The largest absolute Gasteiger partial charge is 0.365 e. The fourth-order valence-electron chi connectivity index (χ4n) is 1.94. The summed E-state index contributed by atoms with van der Waals surface area (Å²) in [6, 6.07) is 18.7. The van der Waals surface area contributed by atoms with E-state index in [1.54, 1.807) is 31.2 Å². The number of rotatable bonds is 4. The van der Waals surface area contributed by atoms with Gasteiger partial charge in [-0.05, 0) is 19.1 Å². The fraction of sp³-hybridized carbons (Fsp3) is 0.0556. The molecule has 1 heterocycles. The predicted octanol–water partition coefficient (Wildman–Crippen LogP) is 4.39. The molecule has 0 saturated heterocycles. The summed E-state index contributed by atoms with van der Waals surface area (Å²) in [6.07, 6.45) is 0. The number of hydrogen-bond donors (Lipinski definition) is 0. The Morgan fingerprint density at radius 3 is 2.39 bits per heavy atom. The Morgan fingerprint density at radius 1 is 1.04 bits per heavy atom. The van der Waals surface area contributed by atoms with E-state index in [-0.39, 0.29) is 0 Å². The number of benzene rings is 2. The Morgan fingerprint density at radius 2 is 1.70 bits per heavy atom. The fourth-order valence-corrected chi connectivity index (χ4v) is 2.81. The zero-order chi connectivity index (χ0) is 16.1. The van der Waals surface area contributed by atoms with Crippen LogP contribution in [0.5, 0.6) is 0 Å². The van der Waals surface area contributed by atoms with E-state index in [2.05, 4.69) is 10.1 Å². The Balaban J connectivity index is 1.72. The molecule has 23 heavy (non-hydrogen) atoms. The molecule has 0 bridgehead atoms. The first-order valence-corrected chi connectivity index (χ1v) is 7.94. The molecule has 0 spiro atoms. The highest BCUT2D eigenvalue weighted by Crippen LogP contribution is 2.23. The van der Waals surface area contributed by atoms with Gasteiger partial charge in [0, 0.05) is 10.9 Å². The van der Waals surface area contributed by atoms with Crippen LogP contribution in [0, 0.1) is 0 Å². The van der Waals surface area contributed by atoms with Gasteiger partial charge in [0.1, 0.15) is 10.7 Å². The number of carbonyl (C=O) groups is 1. The van der Waals surface area contributed by atoms with Crippen molar-refractivity contribution in [3.8, 4) is 10.6 Å². The molecule has 0 aliphatic rings. The van der Waals surface area contributed by atoms with Gasteiger partial charge in [-0.25, -0.2) is 9.78 Å². The molecule has 114 valence electrons. The van der Waals surface area contributed by atoms with Gasteiger partial charge in [-0.1, -0.05) is 53.7 Å². The number of carbonyl (C=O) groups excluding carboxylic acids is 1. The Hall–Kier alpha value is -2.79. The standard InChI is InChI=1S/C18H14N2O2S/c1-13(20-22-18(21)15-10-6-3-7-11-15)16-12-23-17(19-16)14-8-4-2-5-9-14/h2-12H,1H3/b20-13+. The number of thiazole rings is 1. The zero-order valence-corrected chi connectivity index (χ0v) is 13.3. The third kappa shape index (κ3) is 3.70. The molecule has 0 atom stereocenters. The number of hydrogen-bond acceptors (Lipinski definition) is 5. The zero-order valence-electron chi connectivity index (χ0n) is 12.5. The summed E-state index contributed by atoms with van der Waals surface area (Å²) in [5, 5.41) is 6.70. The van der Waals surface area contributed by atoms with E-state index < -0.39 is 5.97 Å². The van der Waals surface area contributed by atoms with E-state index >= 15 is 0 Å². The smallest absolute Gasteiger partial charge is 0.312 e. The van der Waals surface area contributed by atoms with Crippen molar-refractivity contribution >= 4 is 23.0 Å². The van der Waals surface area contributed by atoms with Gasteiger partial charge in [0.25, 0.3) is 0 Å². The lowest BCUT2D eigenvalue weighted by Crippen LogP contribution is -2.04. The molecule has 0 amide bonds. The van der Waals surface area contributed by atoms with Crippen LogP contribution in [-0.2, 0) is 4.84 Å². The van der Waals surface area contributed by atoms with Crippen LogP contribution in [0.15, 0.2) is 71.2 Å². The molecule has 5 heteroatoms. The van der Waals surface area contributed by atoms with Gasteiger partial charge < -0.3 is 4.84 Å². The molecule has 0 aliphatic heterocycles. The van der Waals surface area contributed by atoms with E-state index in [1.165, 1.54) is 11.3 Å². The first-order chi connectivity index (χ1) is 11.2. The van der Waals surface area contributed by atoms with Gasteiger partial charge in [-0.2, -0.15) is 0 Å². The molecule has 0 N–H and O–H groups in total. The number of nitrogens with zero attached hydrogens (tertiary/aromatic N) is 2. The van der Waals surface area contributed by atoms with Gasteiger partial charge >= 0.3 is 5.97 Å². The lowest BCUT2D eigenvalue weighted by atomic mass is 10.2. The summed E-state index contributed by atoms with van der Waals surface area (Å²) in [7, 11) is 0. The second-order valence-corrected chi connectivity index (χ2v) is 5.68. The van der Waals surface area contributed by atoms with E-state index in [9.17, 15) is 4.79 Å². The second kappa shape index (κ2) is 6.98. The van der Waals surface area contributed by atoms with Gasteiger partial charge in [0.05, 0.1) is 11.3 Å². The third-order valence-electron chi connectivity index (χ3n) is 3.17. The maximum Gasteiger partial charge on any atom is 0.365 e. The van der Waals surface area contributed by atoms with E-state index in [0.717, 1.165) is 10.6 Å². The highest BCUT2D eigenvalue weighted by Gasteiger charge is 2.09. The third-order valence-corrected chi connectivity index (χ3v) is 4.06. The molecule has 0 fully saturated rings. The van der Waals surface area contributed by atoms with Crippen LogP contribution in [0.1, 0.15) is 23.0 Å². The van der Waals surface area contributed by atoms with Crippen molar-refractivity contribution in [2.75, 3.05) is 0 Å². The molecular formula is C18H14N2O2S. The molecular weight excluding hydrogens is 308 g/mol. The molecule has 0 radical (unpaired) electrons. The van der Waals surface area contributed by atoms with E-state index in [0.29, 0.717) is 17.0 Å². The quantitative estimate of drug-likeness (QED) is 0.406. The van der Waals surface area contributed by atoms with Crippen LogP contribution < -0.4 is 0 Å². The maximum absolute atomic E-state index is 11.9. The Bertz CT molecular complexity index is 826. The highest BCUT2D eigenvalue weighted by atomic mass is 32.1. The first-order valence-electron chi connectivity index (χ1n) is 7.06. The summed E-state index contributed by atoms with van der Waals surface area (Å²) in [5.74, 6) is -0.483. The van der Waals surface area contributed by atoms with Crippen molar-refractivity contribution in [1.29, 1.82) is 0 Å². The average molecular weight is 322 g/mol. The molecule has 1 aromatic heterocycles. The van der Waals surface area contributed by atoms with Crippen LogP contribution in [0.25, 0.3) is 10.6 Å². The van der Waals surface area contributed by atoms with Crippen LogP contribution in [-0.4, -0.2) is 16.7 Å². The maximum atomic E-state index is 11.9. The number of oxime groups is 1. The number of aromatic nitrogens is 1. The minimum Gasteiger partial charge on any atom is -0.312 e. The van der Waals surface area contributed by atoms with Crippen LogP contribution in [0.4, 0.5) is 0 Å². The van der Waals surface area contributed by atoms with Crippen molar-refractivity contribution in [1.82, 2.24) is 4.98 Å². The van der Waals surface area contributed by atoms with Crippen LogP contribution in [0.2, 0.25) is 0 Å². The SMILES string of the molecule is C/C(=N\OC(=O)c1ccccc1)c1csc(-c2ccccc2)n1. The summed E-state index contributed by atoms with van der Waals surface area (Å²) < 4.78 is 0. The molecule has 4 nitrogen and oxygen atoms in total. The van der Waals surface area contributed by atoms with Crippen molar-refractivity contribution in [2.45, 2.75) is 6.92 Å². The lowest BCUT2D eigenvalue weighted by Gasteiger charge is -1.99. The minimum absolute atomic E-state index is 0.465. The first kappa shape index (κ1) is 15.1. The van der Waals surface area contributed by atoms with Crippen LogP contribution in [0.3, 0.4) is 0 Å². The van der Waals surface area contributed by atoms with E-state index in [4.69, 9.17) is 4.84 Å². The Kier molecular flexibility index (Phi) is 4.59. The van der Waals surface area contributed by atoms with Gasteiger partial charge in [0.15, 0.2) is 0 Å². The summed E-state index contributed by atoms with van der Waals surface area (Å²) >= 11 is 1.53. The molecule has 0 saturated carbocycles. The molecule has 3 rings (SSSR count). The lowest BCUT2D eigenvalue weighted by molar-refractivity contribution is 0.0516. The monoisotopic (exact) mass is 322 g/mol. The van der Waals surface area contributed by atoms with Crippen LogP contribution >= 0.6 is 11.3 Å². The van der Waals surface area contributed by atoms with E-state index in [1.807, 2.05) is 41.8 Å². The Labute approximate surface area is 138 Å².